The zero-order valence-electron chi connectivity index (χ0n) is 16.9. The van der Waals surface area contributed by atoms with Crippen molar-refractivity contribution in [1.82, 2.24) is 25.0 Å². The highest BCUT2D eigenvalue weighted by Gasteiger charge is 2.50. The summed E-state index contributed by atoms with van der Waals surface area (Å²) in [6, 6.07) is 5.78. The summed E-state index contributed by atoms with van der Waals surface area (Å²) in [7, 11) is 0. The molecule has 2 amide bonds. The molecule has 0 bridgehead atoms. The Hall–Kier alpha value is -2.39. The molecule has 158 valence electrons. The highest BCUT2D eigenvalue weighted by Crippen LogP contribution is 2.41. The minimum Gasteiger partial charge on any atom is -0.336 e. The van der Waals surface area contributed by atoms with Crippen LogP contribution in [0.4, 0.5) is 5.13 Å². The number of amides is 2. The van der Waals surface area contributed by atoms with E-state index < -0.39 is 0 Å². The van der Waals surface area contributed by atoms with E-state index in [2.05, 4.69) is 25.4 Å². The lowest BCUT2D eigenvalue weighted by Crippen LogP contribution is -2.38. The predicted octanol–water partition coefficient (Wildman–Crippen LogP) is 2.26. The first-order chi connectivity index (χ1) is 14.6. The SMILES string of the molecule is O=C(CN1CCC2(CCN(Cc3ccccn3)C2=O)C1)Nc1nnc(C2CCC2)s1. The molecule has 1 aliphatic carbocycles. The van der Waals surface area contributed by atoms with E-state index >= 15 is 0 Å². The van der Waals surface area contributed by atoms with Crippen molar-refractivity contribution in [2.75, 3.05) is 31.5 Å². The van der Waals surface area contributed by atoms with Crippen molar-refractivity contribution in [2.45, 2.75) is 44.6 Å². The van der Waals surface area contributed by atoms with E-state index in [1.165, 1.54) is 30.6 Å². The molecule has 0 radical (unpaired) electrons. The highest BCUT2D eigenvalue weighted by molar-refractivity contribution is 7.15. The van der Waals surface area contributed by atoms with Crippen molar-refractivity contribution in [3.8, 4) is 0 Å². The molecule has 1 N–H and O–H groups in total. The third kappa shape index (κ3) is 3.83. The Kier molecular flexibility index (Phi) is 5.24. The molecule has 9 heteroatoms. The molecule has 1 spiro atoms. The molecule has 8 nitrogen and oxygen atoms in total. The number of rotatable bonds is 6. The number of carbonyl (C=O) groups is 2. The van der Waals surface area contributed by atoms with Gasteiger partial charge in [-0.15, -0.1) is 10.2 Å². The van der Waals surface area contributed by atoms with Crippen LogP contribution < -0.4 is 5.32 Å². The molecule has 2 aromatic heterocycles. The molecule has 30 heavy (non-hydrogen) atoms. The van der Waals surface area contributed by atoms with Crippen molar-refractivity contribution < 1.29 is 9.59 Å². The largest absolute Gasteiger partial charge is 0.336 e. The van der Waals surface area contributed by atoms with E-state index in [1.807, 2.05) is 23.1 Å². The Labute approximate surface area is 179 Å². The summed E-state index contributed by atoms with van der Waals surface area (Å²) in [5, 5.41) is 12.8. The summed E-state index contributed by atoms with van der Waals surface area (Å²) >= 11 is 1.48. The molecule has 3 aliphatic rings. The lowest BCUT2D eigenvalue weighted by molar-refractivity contribution is -0.136. The van der Waals surface area contributed by atoms with Crippen molar-refractivity contribution in [3.63, 3.8) is 0 Å². The maximum atomic E-state index is 13.1. The summed E-state index contributed by atoms with van der Waals surface area (Å²) in [6.45, 7) is 3.00. The third-order valence-electron chi connectivity index (χ3n) is 6.62. The van der Waals surface area contributed by atoms with Gasteiger partial charge in [-0.05, 0) is 44.4 Å². The Morgan fingerprint density at radius 2 is 2.10 bits per heavy atom. The van der Waals surface area contributed by atoms with Crippen LogP contribution in [0.5, 0.6) is 0 Å². The molecule has 3 fully saturated rings. The van der Waals surface area contributed by atoms with Crippen LogP contribution in [0.15, 0.2) is 24.4 Å². The van der Waals surface area contributed by atoms with E-state index in [1.54, 1.807) is 6.20 Å². The van der Waals surface area contributed by atoms with Crippen LogP contribution in [-0.2, 0) is 16.1 Å². The topological polar surface area (TPSA) is 91.3 Å². The average molecular weight is 427 g/mol. The summed E-state index contributed by atoms with van der Waals surface area (Å²) in [5.41, 5.74) is 0.560. The fraction of sp³-hybridized carbons (Fsp3) is 0.571. The lowest BCUT2D eigenvalue weighted by Gasteiger charge is -2.23. The number of aromatic nitrogens is 3. The normalized spacial score (nSPS) is 24.5. The third-order valence-corrected chi connectivity index (χ3v) is 7.62. The first-order valence-electron chi connectivity index (χ1n) is 10.7. The van der Waals surface area contributed by atoms with E-state index in [0.29, 0.717) is 24.1 Å². The van der Waals surface area contributed by atoms with Gasteiger partial charge in [0.15, 0.2) is 0 Å². The Bertz CT molecular complexity index is 931. The molecule has 2 aromatic rings. The first kappa shape index (κ1) is 19.6. The van der Waals surface area contributed by atoms with Crippen molar-refractivity contribution >= 4 is 28.3 Å². The number of hydrogen-bond donors (Lipinski definition) is 1. The predicted molar refractivity (Wildman–Crippen MR) is 113 cm³/mol. The maximum absolute atomic E-state index is 13.1. The molecule has 0 aromatic carbocycles. The van der Waals surface area contributed by atoms with Gasteiger partial charge in [-0.2, -0.15) is 0 Å². The zero-order valence-corrected chi connectivity index (χ0v) is 17.7. The van der Waals surface area contributed by atoms with Crippen LogP contribution in [0, 0.1) is 5.41 Å². The smallest absolute Gasteiger partial charge is 0.240 e. The van der Waals surface area contributed by atoms with Crippen LogP contribution >= 0.6 is 11.3 Å². The number of nitrogens with one attached hydrogen (secondary N) is 1. The van der Waals surface area contributed by atoms with Crippen LogP contribution in [0.25, 0.3) is 0 Å². The molecule has 2 saturated heterocycles. The van der Waals surface area contributed by atoms with Gasteiger partial charge in [0.2, 0.25) is 16.9 Å². The minimum absolute atomic E-state index is 0.0841. The summed E-state index contributed by atoms with van der Waals surface area (Å²) in [5.74, 6) is 0.637. The number of likely N-dealkylation sites (tertiary alicyclic amines) is 2. The van der Waals surface area contributed by atoms with Crippen molar-refractivity contribution in [2.24, 2.45) is 5.41 Å². The first-order valence-corrected chi connectivity index (χ1v) is 11.5. The van der Waals surface area contributed by atoms with Gasteiger partial charge in [0.05, 0.1) is 24.2 Å². The Balaban J connectivity index is 1.14. The molecular formula is C21H26N6O2S. The van der Waals surface area contributed by atoms with Crippen LogP contribution in [-0.4, -0.2) is 63.0 Å². The molecule has 4 heterocycles. The van der Waals surface area contributed by atoms with Gasteiger partial charge in [-0.25, -0.2) is 0 Å². The quantitative estimate of drug-likeness (QED) is 0.762. The van der Waals surface area contributed by atoms with Gasteiger partial charge in [0, 0.05) is 25.2 Å². The Morgan fingerprint density at radius 3 is 2.87 bits per heavy atom. The fourth-order valence-corrected chi connectivity index (χ4v) is 5.60. The average Bonchev–Trinajstić information content (AvgIpc) is 3.39. The molecular weight excluding hydrogens is 400 g/mol. The van der Waals surface area contributed by atoms with Crippen LogP contribution in [0.1, 0.15) is 48.7 Å². The second-order valence-corrected chi connectivity index (χ2v) is 9.67. The molecule has 1 atom stereocenters. The maximum Gasteiger partial charge on any atom is 0.240 e. The summed E-state index contributed by atoms with van der Waals surface area (Å²) in [4.78, 5) is 34.0. The molecule has 2 aliphatic heterocycles. The lowest BCUT2D eigenvalue weighted by atomic mass is 9.85. The van der Waals surface area contributed by atoms with E-state index in [0.717, 1.165) is 36.6 Å². The van der Waals surface area contributed by atoms with Gasteiger partial charge in [0.1, 0.15) is 5.01 Å². The van der Waals surface area contributed by atoms with Gasteiger partial charge in [0.25, 0.3) is 0 Å². The van der Waals surface area contributed by atoms with Gasteiger partial charge in [-0.3, -0.25) is 24.8 Å². The van der Waals surface area contributed by atoms with Gasteiger partial charge in [-0.1, -0.05) is 23.8 Å². The summed E-state index contributed by atoms with van der Waals surface area (Å²) in [6.07, 6.45) is 7.00. The Morgan fingerprint density at radius 1 is 1.23 bits per heavy atom. The minimum atomic E-state index is -0.352. The number of pyridine rings is 1. The summed E-state index contributed by atoms with van der Waals surface area (Å²) < 4.78 is 0. The zero-order chi connectivity index (χ0) is 20.6. The van der Waals surface area contributed by atoms with Crippen LogP contribution in [0.3, 0.4) is 0 Å². The molecule has 1 unspecified atom stereocenters. The number of carbonyl (C=O) groups excluding carboxylic acids is 2. The van der Waals surface area contributed by atoms with Crippen LogP contribution in [0.2, 0.25) is 0 Å². The second-order valence-electron chi connectivity index (χ2n) is 8.66. The van der Waals surface area contributed by atoms with Gasteiger partial charge < -0.3 is 4.90 Å². The highest BCUT2D eigenvalue weighted by atomic mass is 32.1. The van der Waals surface area contributed by atoms with E-state index in [-0.39, 0.29) is 23.8 Å². The van der Waals surface area contributed by atoms with E-state index in [4.69, 9.17) is 0 Å². The monoisotopic (exact) mass is 426 g/mol. The second kappa shape index (κ2) is 8.03. The van der Waals surface area contributed by atoms with E-state index in [9.17, 15) is 9.59 Å². The van der Waals surface area contributed by atoms with Gasteiger partial charge >= 0.3 is 0 Å². The number of nitrogens with zero attached hydrogens (tertiary/aromatic N) is 5. The van der Waals surface area contributed by atoms with Crippen molar-refractivity contribution in [1.29, 1.82) is 0 Å². The number of hydrogen-bond acceptors (Lipinski definition) is 7. The number of anilines is 1. The molecule has 5 rings (SSSR count). The standard InChI is InChI=1S/C21H26N6O2S/c28-17(23-20-25-24-18(30-20)15-4-3-5-15)13-26-10-7-21(14-26)8-11-27(19(21)29)12-16-6-1-2-9-22-16/h1-2,6,9,15H,3-5,7-8,10-14H2,(H,23,25,28). The fourth-order valence-electron chi connectivity index (χ4n) is 4.67. The molecule has 1 saturated carbocycles. The van der Waals surface area contributed by atoms with Crippen molar-refractivity contribution in [3.05, 3.63) is 35.1 Å².